The van der Waals surface area contributed by atoms with Gasteiger partial charge in [0.1, 0.15) is 18.1 Å². The van der Waals surface area contributed by atoms with E-state index in [1.807, 2.05) is 13.8 Å². The fraction of sp³-hybridized carbons (Fsp3) is 0.375. The molecule has 3 rings (SSSR count). The van der Waals surface area contributed by atoms with Crippen LogP contribution in [0.5, 0.6) is 5.75 Å². The maximum Gasteiger partial charge on any atom is 0.251 e. The molecule has 2 aromatic rings. The fourth-order valence-electron chi connectivity index (χ4n) is 2.18. The van der Waals surface area contributed by atoms with Gasteiger partial charge in [0.05, 0.1) is 16.9 Å². The summed E-state index contributed by atoms with van der Waals surface area (Å²) in [6, 6.07) is 5.40. The minimum absolute atomic E-state index is 0.0912. The highest BCUT2D eigenvalue weighted by Crippen LogP contribution is 2.26. The van der Waals surface area contributed by atoms with Crippen LogP contribution in [0.3, 0.4) is 0 Å². The van der Waals surface area contributed by atoms with Crippen molar-refractivity contribution in [3.05, 3.63) is 40.8 Å². The Kier molecular flexibility index (Phi) is 3.75. The average molecular weight is 301 g/mol. The van der Waals surface area contributed by atoms with Crippen LogP contribution in [0.4, 0.5) is 5.69 Å². The molecule has 1 aliphatic carbocycles. The zero-order valence-electron chi connectivity index (χ0n) is 12.7. The molecule has 22 heavy (non-hydrogen) atoms. The molecule has 1 aliphatic rings. The molecular formula is C16H19N3O3. The van der Waals surface area contributed by atoms with Gasteiger partial charge in [-0.05, 0) is 44.9 Å². The summed E-state index contributed by atoms with van der Waals surface area (Å²) in [6.07, 6.45) is 2.11. The Labute approximate surface area is 128 Å². The van der Waals surface area contributed by atoms with Crippen LogP contribution in [-0.4, -0.2) is 17.1 Å². The smallest absolute Gasteiger partial charge is 0.251 e. The van der Waals surface area contributed by atoms with Crippen molar-refractivity contribution < 1.29 is 14.1 Å². The largest absolute Gasteiger partial charge is 0.487 e. The van der Waals surface area contributed by atoms with Crippen molar-refractivity contribution in [3.8, 4) is 5.75 Å². The van der Waals surface area contributed by atoms with Gasteiger partial charge >= 0.3 is 0 Å². The van der Waals surface area contributed by atoms with Crippen molar-refractivity contribution in [1.29, 1.82) is 0 Å². The molecule has 3 N–H and O–H groups in total. The van der Waals surface area contributed by atoms with Gasteiger partial charge in [0.2, 0.25) is 0 Å². The van der Waals surface area contributed by atoms with E-state index in [1.54, 1.807) is 18.2 Å². The topological polar surface area (TPSA) is 90.4 Å². The molecule has 1 fully saturated rings. The number of carbonyl (C=O) groups is 1. The molecule has 1 saturated carbocycles. The quantitative estimate of drug-likeness (QED) is 0.827. The first-order valence-corrected chi connectivity index (χ1v) is 7.29. The maximum absolute atomic E-state index is 12.0. The van der Waals surface area contributed by atoms with Crippen LogP contribution in [0.25, 0.3) is 0 Å². The van der Waals surface area contributed by atoms with Crippen molar-refractivity contribution in [1.82, 2.24) is 10.5 Å². The molecule has 1 amide bonds. The maximum atomic E-state index is 12.0. The Balaban J connectivity index is 1.68. The number of benzene rings is 1. The van der Waals surface area contributed by atoms with Gasteiger partial charge in [-0.1, -0.05) is 5.16 Å². The Bertz CT molecular complexity index is 685. The van der Waals surface area contributed by atoms with Crippen LogP contribution in [0, 0.1) is 13.8 Å². The van der Waals surface area contributed by atoms with E-state index in [-0.39, 0.29) is 5.91 Å². The van der Waals surface area contributed by atoms with E-state index in [4.69, 9.17) is 15.0 Å². The lowest BCUT2D eigenvalue weighted by atomic mass is 10.1. The lowest BCUT2D eigenvalue weighted by Gasteiger charge is -2.10. The highest BCUT2D eigenvalue weighted by Gasteiger charge is 2.24. The number of aromatic nitrogens is 1. The minimum atomic E-state index is -0.0912. The molecule has 1 aromatic carbocycles. The molecule has 0 atom stereocenters. The van der Waals surface area contributed by atoms with Crippen LogP contribution < -0.4 is 15.8 Å². The molecular weight excluding hydrogens is 282 g/mol. The number of hydrogen-bond acceptors (Lipinski definition) is 5. The molecule has 116 valence electrons. The normalized spacial score (nSPS) is 13.9. The predicted octanol–water partition coefficient (Wildman–Crippen LogP) is 2.34. The van der Waals surface area contributed by atoms with Crippen LogP contribution in [0.2, 0.25) is 0 Å². The number of nitrogens with zero attached hydrogens (tertiary/aromatic N) is 1. The molecule has 1 aromatic heterocycles. The van der Waals surface area contributed by atoms with Gasteiger partial charge in [-0.2, -0.15) is 0 Å². The zero-order chi connectivity index (χ0) is 15.7. The van der Waals surface area contributed by atoms with E-state index in [1.165, 1.54) is 0 Å². The number of aryl methyl sites for hydroxylation is 2. The highest BCUT2D eigenvalue weighted by atomic mass is 16.5. The van der Waals surface area contributed by atoms with Crippen LogP contribution in [0.15, 0.2) is 22.7 Å². The monoisotopic (exact) mass is 301 g/mol. The second kappa shape index (κ2) is 5.71. The highest BCUT2D eigenvalue weighted by molar-refractivity contribution is 5.95. The number of nitrogens with one attached hydrogen (secondary N) is 1. The predicted molar refractivity (Wildman–Crippen MR) is 81.7 cm³/mol. The summed E-state index contributed by atoms with van der Waals surface area (Å²) in [7, 11) is 0. The van der Waals surface area contributed by atoms with Crippen LogP contribution in [-0.2, 0) is 6.61 Å². The molecule has 6 nitrogen and oxygen atoms in total. The van der Waals surface area contributed by atoms with Crippen molar-refractivity contribution >= 4 is 11.6 Å². The Hall–Kier alpha value is -2.50. The fourth-order valence-corrected chi connectivity index (χ4v) is 2.18. The molecule has 0 spiro atoms. The number of ether oxygens (including phenoxy) is 1. The third-order valence-corrected chi connectivity index (χ3v) is 3.74. The minimum Gasteiger partial charge on any atom is -0.487 e. The SMILES string of the molecule is Cc1noc(C)c1COc1ccc(C(=O)NC2CC2)cc1N. The third kappa shape index (κ3) is 3.05. The van der Waals surface area contributed by atoms with E-state index in [9.17, 15) is 4.79 Å². The summed E-state index contributed by atoms with van der Waals surface area (Å²) in [5.74, 6) is 1.19. The Morgan fingerprint density at radius 2 is 2.23 bits per heavy atom. The molecule has 1 heterocycles. The van der Waals surface area contributed by atoms with Gasteiger partial charge in [0, 0.05) is 11.6 Å². The summed E-state index contributed by atoms with van der Waals surface area (Å²) < 4.78 is 10.8. The molecule has 0 bridgehead atoms. The number of rotatable bonds is 5. The van der Waals surface area contributed by atoms with E-state index >= 15 is 0 Å². The number of hydrogen-bond donors (Lipinski definition) is 2. The number of nitrogen functional groups attached to an aromatic ring is 1. The summed E-state index contributed by atoms with van der Waals surface area (Å²) >= 11 is 0. The number of anilines is 1. The summed E-state index contributed by atoms with van der Waals surface area (Å²) in [4.78, 5) is 12.0. The van der Waals surface area contributed by atoms with E-state index in [0.717, 1.165) is 29.9 Å². The second-order valence-electron chi connectivity index (χ2n) is 5.59. The number of amides is 1. The van der Waals surface area contributed by atoms with E-state index in [2.05, 4.69) is 10.5 Å². The first-order chi connectivity index (χ1) is 10.5. The molecule has 0 radical (unpaired) electrons. The Morgan fingerprint density at radius 1 is 1.45 bits per heavy atom. The first kappa shape index (κ1) is 14.4. The molecule has 0 unspecified atom stereocenters. The van der Waals surface area contributed by atoms with Gasteiger partial charge in [-0.15, -0.1) is 0 Å². The van der Waals surface area contributed by atoms with Crippen molar-refractivity contribution in [2.75, 3.05) is 5.73 Å². The van der Waals surface area contributed by atoms with Gasteiger partial charge in [-0.25, -0.2) is 0 Å². The second-order valence-corrected chi connectivity index (χ2v) is 5.59. The van der Waals surface area contributed by atoms with Crippen LogP contribution in [0.1, 0.15) is 40.2 Å². The zero-order valence-corrected chi connectivity index (χ0v) is 12.7. The van der Waals surface area contributed by atoms with E-state index in [0.29, 0.717) is 29.6 Å². The van der Waals surface area contributed by atoms with Crippen molar-refractivity contribution in [2.24, 2.45) is 0 Å². The number of carbonyl (C=O) groups excluding carboxylic acids is 1. The summed E-state index contributed by atoms with van der Waals surface area (Å²) in [6.45, 7) is 4.04. The number of nitrogens with two attached hydrogens (primary N) is 1. The Morgan fingerprint density at radius 3 is 2.82 bits per heavy atom. The van der Waals surface area contributed by atoms with Crippen molar-refractivity contribution in [2.45, 2.75) is 39.3 Å². The molecule has 0 aliphatic heterocycles. The van der Waals surface area contributed by atoms with Crippen molar-refractivity contribution in [3.63, 3.8) is 0 Å². The van der Waals surface area contributed by atoms with Gasteiger partial charge in [0.25, 0.3) is 5.91 Å². The molecule has 6 heteroatoms. The third-order valence-electron chi connectivity index (χ3n) is 3.74. The first-order valence-electron chi connectivity index (χ1n) is 7.29. The van der Waals surface area contributed by atoms with Gasteiger partial charge in [-0.3, -0.25) is 4.79 Å². The lowest BCUT2D eigenvalue weighted by Crippen LogP contribution is -2.25. The summed E-state index contributed by atoms with van der Waals surface area (Å²) in [5, 5.41) is 6.81. The van der Waals surface area contributed by atoms with Gasteiger partial charge < -0.3 is 20.3 Å². The average Bonchev–Trinajstić information content (AvgIpc) is 3.24. The van der Waals surface area contributed by atoms with Gasteiger partial charge in [0.15, 0.2) is 0 Å². The molecule has 0 saturated heterocycles. The standard InChI is InChI=1S/C16H19N3O3/c1-9-13(10(2)22-19-9)8-21-15-6-3-11(7-14(15)17)16(20)18-12-4-5-12/h3,6-7,12H,4-5,8,17H2,1-2H3,(H,18,20). The van der Waals surface area contributed by atoms with Crippen LogP contribution >= 0.6 is 0 Å². The summed E-state index contributed by atoms with van der Waals surface area (Å²) in [5.41, 5.74) is 8.68. The lowest BCUT2D eigenvalue weighted by molar-refractivity contribution is 0.0951. The van der Waals surface area contributed by atoms with E-state index < -0.39 is 0 Å².